The Kier molecular flexibility index (Phi) is 6.44. The molecule has 9 nitrogen and oxygen atoms in total. The van der Waals surface area contributed by atoms with Crippen LogP contribution in [-0.4, -0.2) is 39.4 Å². The fourth-order valence-corrected chi connectivity index (χ4v) is 5.18. The maximum Gasteiger partial charge on any atom is 0.269 e. The van der Waals surface area contributed by atoms with E-state index < -0.39 is 27.4 Å². The molecule has 0 saturated heterocycles. The number of halogens is 2. The molecule has 0 aliphatic rings. The first kappa shape index (κ1) is 22.9. The van der Waals surface area contributed by atoms with Gasteiger partial charge in [-0.3, -0.25) is 10.1 Å². The van der Waals surface area contributed by atoms with Crippen molar-refractivity contribution < 1.29 is 18.8 Å². The number of thioether (sulfide) groups is 1. The standard InChI is InChI=1S/C20H16F2N6O3S2/c1-12(32-19-25-18(26-33-19)13-2-5-15(6-3-13)28(30)31)20(29,9-27-11-23-10-24-27)16-7-4-14(21)8-17(16)22/h2-8,10-12,29H,9H2,1H3/t12-,20?/m1/s1. The lowest BCUT2D eigenvalue weighted by atomic mass is 9.90. The van der Waals surface area contributed by atoms with E-state index in [1.54, 1.807) is 19.1 Å². The minimum Gasteiger partial charge on any atom is -0.382 e. The molecule has 33 heavy (non-hydrogen) atoms. The van der Waals surface area contributed by atoms with Crippen LogP contribution in [0.4, 0.5) is 14.5 Å². The summed E-state index contributed by atoms with van der Waals surface area (Å²) in [6.07, 6.45) is 2.68. The van der Waals surface area contributed by atoms with Gasteiger partial charge in [0.2, 0.25) is 0 Å². The van der Waals surface area contributed by atoms with E-state index in [1.165, 1.54) is 47.3 Å². The molecule has 0 spiro atoms. The third-order valence-corrected chi connectivity index (χ3v) is 7.02. The molecule has 0 radical (unpaired) electrons. The Morgan fingerprint density at radius 3 is 2.67 bits per heavy atom. The Morgan fingerprint density at radius 1 is 1.27 bits per heavy atom. The summed E-state index contributed by atoms with van der Waals surface area (Å²) in [5.41, 5.74) is -1.31. The van der Waals surface area contributed by atoms with Crippen LogP contribution in [0.3, 0.4) is 0 Å². The van der Waals surface area contributed by atoms with E-state index in [0.717, 1.165) is 23.7 Å². The van der Waals surface area contributed by atoms with Crippen LogP contribution in [-0.2, 0) is 12.1 Å². The number of hydrogen-bond acceptors (Lipinski definition) is 9. The molecule has 0 aliphatic carbocycles. The molecule has 2 aromatic carbocycles. The summed E-state index contributed by atoms with van der Waals surface area (Å²) in [5.74, 6) is -1.26. The maximum atomic E-state index is 14.7. The molecule has 13 heteroatoms. The van der Waals surface area contributed by atoms with Gasteiger partial charge in [-0.15, -0.1) is 0 Å². The first-order chi connectivity index (χ1) is 15.8. The van der Waals surface area contributed by atoms with Gasteiger partial charge in [0, 0.05) is 34.6 Å². The van der Waals surface area contributed by atoms with Crippen molar-refractivity contribution in [2.75, 3.05) is 0 Å². The van der Waals surface area contributed by atoms with Crippen LogP contribution in [0.2, 0.25) is 0 Å². The second-order valence-corrected chi connectivity index (χ2v) is 9.43. The van der Waals surface area contributed by atoms with Crippen LogP contribution in [0.25, 0.3) is 11.4 Å². The largest absolute Gasteiger partial charge is 0.382 e. The molecule has 170 valence electrons. The molecule has 0 aliphatic heterocycles. The van der Waals surface area contributed by atoms with Crippen LogP contribution in [0, 0.1) is 21.7 Å². The second-order valence-electron chi connectivity index (χ2n) is 7.09. The van der Waals surface area contributed by atoms with Gasteiger partial charge in [-0.25, -0.2) is 23.4 Å². The van der Waals surface area contributed by atoms with Gasteiger partial charge < -0.3 is 5.11 Å². The average molecular weight is 491 g/mol. The van der Waals surface area contributed by atoms with Gasteiger partial charge >= 0.3 is 0 Å². The first-order valence-corrected chi connectivity index (χ1v) is 11.2. The van der Waals surface area contributed by atoms with Crippen molar-refractivity contribution >= 4 is 29.0 Å². The maximum absolute atomic E-state index is 14.7. The van der Waals surface area contributed by atoms with Crippen molar-refractivity contribution in [3.05, 3.63) is 82.4 Å². The van der Waals surface area contributed by atoms with E-state index in [2.05, 4.69) is 19.4 Å². The van der Waals surface area contributed by atoms with Crippen molar-refractivity contribution in [1.82, 2.24) is 24.1 Å². The van der Waals surface area contributed by atoms with Crippen molar-refractivity contribution in [1.29, 1.82) is 0 Å². The summed E-state index contributed by atoms with van der Waals surface area (Å²) < 4.78 is 34.3. The van der Waals surface area contributed by atoms with Crippen LogP contribution >= 0.6 is 23.3 Å². The first-order valence-electron chi connectivity index (χ1n) is 9.52. The summed E-state index contributed by atoms with van der Waals surface area (Å²) in [5, 5.41) is 25.8. The van der Waals surface area contributed by atoms with Crippen LogP contribution in [0.5, 0.6) is 0 Å². The Hall–Kier alpha value is -3.29. The van der Waals surface area contributed by atoms with Gasteiger partial charge in [0.15, 0.2) is 10.2 Å². The number of hydrogen-bond donors (Lipinski definition) is 1. The molecule has 1 N–H and O–H groups in total. The van der Waals surface area contributed by atoms with Gasteiger partial charge in [-0.2, -0.15) is 9.47 Å². The number of rotatable bonds is 8. The summed E-state index contributed by atoms with van der Waals surface area (Å²) in [6, 6.07) is 8.83. The number of aliphatic hydroxyl groups is 1. The van der Waals surface area contributed by atoms with E-state index in [0.29, 0.717) is 15.7 Å². The van der Waals surface area contributed by atoms with E-state index >= 15 is 0 Å². The Bertz CT molecular complexity index is 1270. The molecule has 0 fully saturated rings. The monoisotopic (exact) mass is 490 g/mol. The van der Waals surface area contributed by atoms with Crippen LogP contribution in [0.1, 0.15) is 12.5 Å². The average Bonchev–Trinajstić information content (AvgIpc) is 3.46. The number of nitro benzene ring substituents is 1. The predicted molar refractivity (Wildman–Crippen MR) is 118 cm³/mol. The second kappa shape index (κ2) is 9.29. The summed E-state index contributed by atoms with van der Waals surface area (Å²) in [7, 11) is 0. The normalized spacial score (nSPS) is 14.1. The lowest BCUT2D eigenvalue weighted by molar-refractivity contribution is -0.384. The number of benzene rings is 2. The molecule has 2 aromatic heterocycles. The van der Waals surface area contributed by atoms with Crippen LogP contribution < -0.4 is 0 Å². The third kappa shape index (κ3) is 4.89. The van der Waals surface area contributed by atoms with Gasteiger partial charge in [0.1, 0.15) is 29.9 Å². The molecule has 2 atom stereocenters. The molecule has 0 saturated carbocycles. The van der Waals surface area contributed by atoms with Crippen molar-refractivity contribution in [3.8, 4) is 11.4 Å². The summed E-state index contributed by atoms with van der Waals surface area (Å²) in [4.78, 5) is 18.6. The zero-order valence-corrected chi connectivity index (χ0v) is 18.6. The minimum atomic E-state index is -1.78. The molecule has 1 unspecified atom stereocenters. The number of non-ortho nitro benzene ring substituents is 1. The Morgan fingerprint density at radius 2 is 2.03 bits per heavy atom. The molecule has 4 rings (SSSR count). The third-order valence-electron chi connectivity index (χ3n) is 4.96. The van der Waals surface area contributed by atoms with E-state index in [9.17, 15) is 24.0 Å². The smallest absolute Gasteiger partial charge is 0.269 e. The fraction of sp³-hybridized carbons (Fsp3) is 0.200. The van der Waals surface area contributed by atoms with E-state index in [4.69, 9.17) is 0 Å². The summed E-state index contributed by atoms with van der Waals surface area (Å²) in [6.45, 7) is 1.56. The van der Waals surface area contributed by atoms with Crippen molar-refractivity contribution in [2.45, 2.75) is 28.7 Å². The highest BCUT2D eigenvalue weighted by molar-refractivity contribution is 8.01. The quantitative estimate of drug-likeness (QED) is 0.223. The Balaban J connectivity index is 1.61. The van der Waals surface area contributed by atoms with Gasteiger partial charge in [-0.05, 0) is 36.7 Å². The Labute approximate surface area is 194 Å². The van der Waals surface area contributed by atoms with Gasteiger partial charge in [0.25, 0.3) is 5.69 Å². The number of nitrogens with zero attached hydrogens (tertiary/aromatic N) is 6. The molecule has 0 amide bonds. The number of nitro groups is 1. The highest BCUT2D eigenvalue weighted by Crippen LogP contribution is 2.40. The van der Waals surface area contributed by atoms with Gasteiger partial charge in [0.05, 0.1) is 11.5 Å². The molecule has 0 bridgehead atoms. The molecular formula is C20H16F2N6O3S2. The predicted octanol–water partition coefficient (Wildman–Crippen LogP) is 4.05. The van der Waals surface area contributed by atoms with Crippen LogP contribution in [0.15, 0.2) is 59.5 Å². The highest BCUT2D eigenvalue weighted by Gasteiger charge is 2.40. The van der Waals surface area contributed by atoms with E-state index in [1.807, 2.05) is 0 Å². The SMILES string of the molecule is C[C@@H](Sc1nc(-c2ccc([N+](=O)[O-])cc2)ns1)C(O)(Cn1cncn1)c1ccc(F)cc1F. The number of aromatic nitrogens is 5. The lowest BCUT2D eigenvalue weighted by Gasteiger charge is -2.33. The zero-order valence-electron chi connectivity index (χ0n) is 17.0. The molecule has 2 heterocycles. The topological polar surface area (TPSA) is 120 Å². The zero-order chi connectivity index (χ0) is 23.6. The lowest BCUT2D eigenvalue weighted by Crippen LogP contribution is -2.41. The van der Waals surface area contributed by atoms with Crippen molar-refractivity contribution in [2.24, 2.45) is 0 Å². The molecule has 4 aromatic rings. The fourth-order valence-electron chi connectivity index (χ4n) is 3.19. The van der Waals surface area contributed by atoms with E-state index in [-0.39, 0.29) is 17.8 Å². The molecular weight excluding hydrogens is 474 g/mol. The van der Waals surface area contributed by atoms with Crippen molar-refractivity contribution in [3.63, 3.8) is 0 Å². The summed E-state index contributed by atoms with van der Waals surface area (Å²) >= 11 is 2.25. The highest BCUT2D eigenvalue weighted by atomic mass is 32.2. The van der Waals surface area contributed by atoms with Gasteiger partial charge in [-0.1, -0.05) is 17.8 Å². The minimum absolute atomic E-state index is 0.0447.